The SMILES string of the molecule is COC(=O)CCCCCCCCCOc1ccc(C2(C(F)(F)F)N=N2)cc1.Oc1ccc(C2(C(F)(F)F)N=N2)cc1. The van der Waals surface area contributed by atoms with Gasteiger partial charge in [-0.3, -0.25) is 4.79 Å². The molecule has 0 atom stereocenters. The Hall–Kier alpha value is -3.71. The van der Waals surface area contributed by atoms with Crippen LogP contribution in [-0.4, -0.2) is 37.1 Å². The zero-order valence-corrected chi connectivity index (χ0v) is 22.2. The number of esters is 1. The van der Waals surface area contributed by atoms with Crippen molar-refractivity contribution in [1.82, 2.24) is 0 Å². The van der Waals surface area contributed by atoms with Crippen molar-refractivity contribution in [3.05, 3.63) is 59.7 Å². The molecule has 0 saturated heterocycles. The lowest BCUT2D eigenvalue weighted by atomic mass is 10.0. The minimum Gasteiger partial charge on any atom is -0.508 e. The summed E-state index contributed by atoms with van der Waals surface area (Å²) in [7, 11) is 1.40. The number of carbonyl (C=O) groups is 1. The van der Waals surface area contributed by atoms with Gasteiger partial charge in [0.1, 0.15) is 11.5 Å². The van der Waals surface area contributed by atoms with Gasteiger partial charge in [-0.05, 0) is 37.1 Å². The molecule has 2 heterocycles. The van der Waals surface area contributed by atoms with Gasteiger partial charge in [-0.25, -0.2) is 0 Å². The maximum Gasteiger partial charge on any atom is 0.442 e. The Morgan fingerprint density at radius 1 is 0.707 bits per heavy atom. The normalized spacial score (nSPS) is 16.0. The molecule has 0 amide bonds. The maximum absolute atomic E-state index is 12.9. The fourth-order valence-corrected chi connectivity index (χ4v) is 3.91. The third kappa shape index (κ3) is 8.40. The predicted molar refractivity (Wildman–Crippen MR) is 134 cm³/mol. The summed E-state index contributed by atoms with van der Waals surface area (Å²) < 4.78 is 86.2. The number of benzene rings is 2. The van der Waals surface area contributed by atoms with E-state index in [1.54, 1.807) is 0 Å². The highest BCUT2D eigenvalue weighted by Crippen LogP contribution is 2.53. The van der Waals surface area contributed by atoms with Gasteiger partial charge in [0, 0.05) is 17.5 Å². The summed E-state index contributed by atoms with van der Waals surface area (Å²) in [6.07, 6.45) is -1.42. The van der Waals surface area contributed by atoms with Crippen LogP contribution in [0.4, 0.5) is 26.3 Å². The lowest BCUT2D eigenvalue weighted by Gasteiger charge is -2.15. The zero-order chi connectivity index (χ0) is 30.2. The van der Waals surface area contributed by atoms with Gasteiger partial charge in [0.05, 0.1) is 13.7 Å². The molecule has 2 aromatic carbocycles. The molecular formula is C27H30F6N4O4. The monoisotopic (exact) mass is 588 g/mol. The molecule has 4 rings (SSSR count). The van der Waals surface area contributed by atoms with Gasteiger partial charge in [0.15, 0.2) is 0 Å². The molecule has 1 N–H and O–H groups in total. The quantitative estimate of drug-likeness (QED) is 0.145. The number of methoxy groups -OCH3 is 1. The van der Waals surface area contributed by atoms with Crippen molar-refractivity contribution >= 4 is 5.97 Å². The molecule has 0 aliphatic carbocycles. The molecule has 14 heteroatoms. The number of nitrogens with zero attached hydrogens (tertiary/aromatic N) is 4. The topological polar surface area (TPSA) is 105 Å². The molecule has 0 fully saturated rings. The number of hydrogen-bond donors (Lipinski definition) is 1. The van der Waals surface area contributed by atoms with Crippen LogP contribution >= 0.6 is 0 Å². The van der Waals surface area contributed by atoms with Gasteiger partial charge in [0.25, 0.3) is 0 Å². The number of unbranched alkanes of at least 4 members (excludes halogenated alkanes) is 6. The third-order valence-corrected chi connectivity index (χ3v) is 6.44. The average molecular weight is 589 g/mol. The van der Waals surface area contributed by atoms with Crippen molar-refractivity contribution in [3.63, 3.8) is 0 Å². The van der Waals surface area contributed by atoms with Gasteiger partial charge in [-0.1, -0.05) is 56.4 Å². The van der Waals surface area contributed by atoms with Gasteiger partial charge in [-0.2, -0.15) is 26.3 Å². The molecule has 0 radical (unpaired) electrons. The van der Waals surface area contributed by atoms with Crippen LogP contribution in [0.3, 0.4) is 0 Å². The van der Waals surface area contributed by atoms with Gasteiger partial charge in [-0.15, -0.1) is 20.5 Å². The summed E-state index contributed by atoms with van der Waals surface area (Å²) in [4.78, 5) is 11.0. The second-order valence-electron chi connectivity index (χ2n) is 9.46. The third-order valence-electron chi connectivity index (χ3n) is 6.44. The van der Waals surface area contributed by atoms with E-state index in [4.69, 9.17) is 9.84 Å². The van der Waals surface area contributed by atoms with E-state index in [9.17, 15) is 31.1 Å². The van der Waals surface area contributed by atoms with E-state index in [0.717, 1.165) is 57.1 Å². The number of alkyl halides is 6. The van der Waals surface area contributed by atoms with E-state index in [0.29, 0.717) is 18.8 Å². The van der Waals surface area contributed by atoms with Gasteiger partial charge < -0.3 is 14.6 Å². The van der Waals surface area contributed by atoms with Gasteiger partial charge in [0.2, 0.25) is 0 Å². The van der Waals surface area contributed by atoms with Crippen LogP contribution < -0.4 is 4.74 Å². The number of phenolic OH excluding ortho intramolecular Hbond substituents is 1. The molecule has 224 valence electrons. The molecule has 2 aliphatic rings. The van der Waals surface area contributed by atoms with Crippen LogP contribution in [0.1, 0.15) is 62.5 Å². The van der Waals surface area contributed by atoms with E-state index in [-0.39, 0.29) is 22.8 Å². The van der Waals surface area contributed by atoms with Crippen molar-refractivity contribution in [3.8, 4) is 11.5 Å². The smallest absolute Gasteiger partial charge is 0.442 e. The molecule has 0 spiro atoms. The number of halogens is 6. The number of hydrogen-bond acceptors (Lipinski definition) is 8. The predicted octanol–water partition coefficient (Wildman–Crippen LogP) is 8.11. The standard InChI is InChI=1S/C19H25F3N2O3.C8H5F3N2O/c1-26-17(25)9-7-5-3-2-4-6-8-14-27-16-12-10-15(11-13-16)18(23-24-18)19(20,21)22;9-8(10,11)7(12-13-7)5-1-3-6(14)4-2-5/h10-13H,2-9,14H2,1H3;1-4,14H. The Bertz CT molecular complexity index is 1190. The van der Waals surface area contributed by atoms with Crippen molar-refractivity contribution < 1.29 is 45.7 Å². The summed E-state index contributed by atoms with van der Waals surface area (Å²) in [5.41, 5.74) is -4.83. The number of carbonyl (C=O) groups excluding carboxylic acids is 1. The van der Waals surface area contributed by atoms with Crippen LogP contribution in [0.15, 0.2) is 69.0 Å². The van der Waals surface area contributed by atoms with E-state index in [1.165, 1.54) is 43.5 Å². The summed E-state index contributed by atoms with van der Waals surface area (Å²) in [6.45, 7) is 0.529. The van der Waals surface area contributed by atoms with Crippen LogP contribution in [0, 0.1) is 0 Å². The highest BCUT2D eigenvalue weighted by atomic mass is 19.4. The molecular weight excluding hydrogens is 558 g/mol. The van der Waals surface area contributed by atoms with Crippen molar-refractivity contribution in [2.24, 2.45) is 20.5 Å². The first-order valence-corrected chi connectivity index (χ1v) is 13.0. The summed E-state index contributed by atoms with van der Waals surface area (Å²) >= 11 is 0. The van der Waals surface area contributed by atoms with Crippen LogP contribution in [0.25, 0.3) is 0 Å². The minimum absolute atomic E-state index is 0.00884. The highest BCUT2D eigenvalue weighted by molar-refractivity contribution is 5.68. The van der Waals surface area contributed by atoms with Crippen LogP contribution in [0.5, 0.6) is 11.5 Å². The number of phenols is 1. The Kier molecular flexibility index (Phi) is 10.3. The molecule has 41 heavy (non-hydrogen) atoms. The molecule has 0 saturated carbocycles. The summed E-state index contributed by atoms with van der Waals surface area (Å²) in [6, 6.07) is 10.4. The maximum atomic E-state index is 12.9. The fraction of sp³-hybridized carbons (Fsp3) is 0.519. The first-order chi connectivity index (χ1) is 19.3. The Balaban J connectivity index is 0.000000275. The second kappa shape index (κ2) is 13.3. The zero-order valence-electron chi connectivity index (χ0n) is 22.2. The first-order valence-electron chi connectivity index (χ1n) is 13.0. The van der Waals surface area contributed by atoms with E-state index in [2.05, 4.69) is 25.2 Å². The fourth-order valence-electron chi connectivity index (χ4n) is 3.91. The number of aromatic hydroxyl groups is 1. The lowest BCUT2D eigenvalue weighted by molar-refractivity contribution is -0.166. The van der Waals surface area contributed by atoms with Crippen molar-refractivity contribution in [2.75, 3.05) is 13.7 Å². The second-order valence-corrected chi connectivity index (χ2v) is 9.46. The minimum atomic E-state index is -4.51. The van der Waals surface area contributed by atoms with Gasteiger partial charge >= 0.3 is 29.6 Å². The van der Waals surface area contributed by atoms with Crippen molar-refractivity contribution in [2.45, 2.75) is 75.0 Å². The lowest BCUT2D eigenvalue weighted by Crippen LogP contribution is -2.29. The molecule has 0 unspecified atom stereocenters. The summed E-state index contributed by atoms with van der Waals surface area (Å²) in [5.74, 6) is 0.293. The number of ether oxygens (including phenoxy) is 2. The molecule has 2 aromatic rings. The van der Waals surface area contributed by atoms with E-state index >= 15 is 0 Å². The highest BCUT2D eigenvalue weighted by Gasteiger charge is 2.65. The molecule has 0 aromatic heterocycles. The van der Waals surface area contributed by atoms with Crippen LogP contribution in [0.2, 0.25) is 0 Å². The summed E-state index contributed by atoms with van der Waals surface area (Å²) in [5, 5.41) is 21.3. The average Bonchev–Trinajstić information content (AvgIpc) is 3.84. The number of rotatable bonds is 13. The first kappa shape index (κ1) is 31.8. The largest absolute Gasteiger partial charge is 0.508 e. The van der Waals surface area contributed by atoms with E-state index < -0.39 is 23.7 Å². The van der Waals surface area contributed by atoms with E-state index in [1.807, 2.05) is 0 Å². The van der Waals surface area contributed by atoms with Crippen molar-refractivity contribution in [1.29, 1.82) is 0 Å². The molecule has 0 bridgehead atoms. The molecule has 8 nitrogen and oxygen atoms in total. The Labute approximate surface area is 232 Å². The Morgan fingerprint density at radius 2 is 1.12 bits per heavy atom. The molecule has 2 aliphatic heterocycles. The van der Waals surface area contributed by atoms with Crippen LogP contribution in [-0.2, 0) is 20.9 Å². The Morgan fingerprint density at radius 3 is 1.54 bits per heavy atom.